The molecule has 112 valence electrons. The summed E-state index contributed by atoms with van der Waals surface area (Å²) in [6, 6.07) is 5.45. The number of nitrogens with one attached hydrogen (secondary N) is 1. The molecule has 1 aromatic carbocycles. The summed E-state index contributed by atoms with van der Waals surface area (Å²) in [6.07, 6.45) is 0. The van der Waals surface area contributed by atoms with Crippen LogP contribution in [0.15, 0.2) is 29.2 Å². The topological polar surface area (TPSA) is 29.1 Å². The number of thioether (sulfide) groups is 1. The predicted octanol–water partition coefficient (Wildman–Crippen LogP) is 4.49. The van der Waals surface area contributed by atoms with Crippen LogP contribution in [-0.2, 0) is 4.79 Å². The van der Waals surface area contributed by atoms with E-state index >= 15 is 0 Å². The fraction of sp³-hybridized carbons (Fsp3) is 0.462. The maximum absolute atomic E-state index is 12.2. The molecule has 1 N–H and O–H groups in total. The van der Waals surface area contributed by atoms with Gasteiger partial charge in [0.1, 0.15) is 5.38 Å². The minimum atomic E-state index is -4.33. The number of hydrogen-bond acceptors (Lipinski definition) is 2. The number of benzene rings is 1. The van der Waals surface area contributed by atoms with Crippen LogP contribution in [0.5, 0.6) is 0 Å². The second-order valence-electron chi connectivity index (χ2n) is 5.22. The van der Waals surface area contributed by atoms with Crippen LogP contribution in [0.1, 0.15) is 31.7 Å². The monoisotopic (exact) mass is 325 g/mol. The van der Waals surface area contributed by atoms with Gasteiger partial charge in [-0.25, -0.2) is 0 Å². The Morgan fingerprint density at radius 1 is 1.20 bits per heavy atom. The van der Waals surface area contributed by atoms with Crippen molar-refractivity contribution in [2.75, 3.05) is 0 Å². The van der Waals surface area contributed by atoms with Gasteiger partial charge in [-0.05, 0) is 50.2 Å². The Morgan fingerprint density at radius 3 is 2.10 bits per heavy atom. The van der Waals surface area contributed by atoms with Crippen molar-refractivity contribution in [2.24, 2.45) is 0 Å². The first-order valence-electron chi connectivity index (χ1n) is 5.80. The fourth-order valence-electron chi connectivity index (χ4n) is 1.42. The molecule has 0 aliphatic heterocycles. The van der Waals surface area contributed by atoms with E-state index < -0.39 is 16.4 Å². The van der Waals surface area contributed by atoms with Crippen LogP contribution in [0.4, 0.5) is 13.2 Å². The van der Waals surface area contributed by atoms with Crippen molar-refractivity contribution < 1.29 is 18.0 Å². The van der Waals surface area contributed by atoms with E-state index in [1.54, 1.807) is 0 Å². The van der Waals surface area contributed by atoms with Crippen molar-refractivity contribution in [1.29, 1.82) is 0 Å². The molecule has 20 heavy (non-hydrogen) atoms. The van der Waals surface area contributed by atoms with E-state index in [4.69, 9.17) is 11.6 Å². The standard InChI is InChI=1S/C13H15ClF3NOS/c1-12(2,3)18-11(19)10(14)8-4-6-9(7-5-8)20-13(15,16)17/h4-7,10H,1-3H3,(H,18,19). The number of amides is 1. The summed E-state index contributed by atoms with van der Waals surface area (Å²) in [7, 11) is 0. The summed E-state index contributed by atoms with van der Waals surface area (Å²) in [5.41, 5.74) is -4.29. The number of hydrogen-bond donors (Lipinski definition) is 1. The Hall–Kier alpha value is -0.880. The molecule has 0 saturated carbocycles. The molecule has 1 aromatic rings. The highest BCUT2D eigenvalue weighted by Crippen LogP contribution is 2.37. The van der Waals surface area contributed by atoms with Gasteiger partial charge in [0.25, 0.3) is 0 Å². The van der Waals surface area contributed by atoms with Gasteiger partial charge in [-0.15, -0.1) is 11.6 Å². The van der Waals surface area contributed by atoms with E-state index in [9.17, 15) is 18.0 Å². The first-order valence-corrected chi connectivity index (χ1v) is 7.05. The van der Waals surface area contributed by atoms with Crippen LogP contribution in [-0.4, -0.2) is 17.0 Å². The molecule has 0 aliphatic rings. The van der Waals surface area contributed by atoms with E-state index in [-0.39, 0.29) is 22.6 Å². The van der Waals surface area contributed by atoms with Gasteiger partial charge < -0.3 is 5.32 Å². The summed E-state index contributed by atoms with van der Waals surface area (Å²) in [5, 5.41) is 1.78. The van der Waals surface area contributed by atoms with Crippen molar-refractivity contribution in [2.45, 2.75) is 42.1 Å². The van der Waals surface area contributed by atoms with Crippen LogP contribution >= 0.6 is 23.4 Å². The summed E-state index contributed by atoms with van der Waals surface area (Å²) < 4.78 is 36.6. The van der Waals surface area contributed by atoms with Crippen LogP contribution in [0, 0.1) is 0 Å². The van der Waals surface area contributed by atoms with E-state index in [1.807, 2.05) is 20.8 Å². The molecule has 1 amide bonds. The lowest BCUT2D eigenvalue weighted by atomic mass is 10.1. The predicted molar refractivity (Wildman–Crippen MR) is 74.8 cm³/mol. The van der Waals surface area contributed by atoms with Gasteiger partial charge >= 0.3 is 5.51 Å². The van der Waals surface area contributed by atoms with Crippen molar-refractivity contribution in [3.8, 4) is 0 Å². The van der Waals surface area contributed by atoms with E-state index in [1.165, 1.54) is 24.3 Å². The minimum Gasteiger partial charge on any atom is -0.350 e. The lowest BCUT2D eigenvalue weighted by Crippen LogP contribution is -2.42. The second kappa shape index (κ2) is 6.26. The number of carbonyl (C=O) groups excluding carboxylic acids is 1. The normalized spacial score (nSPS) is 13.9. The molecule has 0 radical (unpaired) electrons. The zero-order valence-electron chi connectivity index (χ0n) is 11.2. The average molecular weight is 326 g/mol. The van der Waals surface area contributed by atoms with E-state index in [0.29, 0.717) is 5.56 Å². The van der Waals surface area contributed by atoms with Gasteiger partial charge in [-0.3, -0.25) is 4.79 Å². The number of alkyl halides is 4. The van der Waals surface area contributed by atoms with Crippen LogP contribution in [0.3, 0.4) is 0 Å². The van der Waals surface area contributed by atoms with Crippen molar-refractivity contribution in [3.05, 3.63) is 29.8 Å². The number of halogens is 4. The summed E-state index contributed by atoms with van der Waals surface area (Å²) in [6.45, 7) is 5.45. The molecule has 0 fully saturated rings. The quantitative estimate of drug-likeness (QED) is 0.655. The van der Waals surface area contributed by atoms with Gasteiger partial charge in [-0.1, -0.05) is 12.1 Å². The largest absolute Gasteiger partial charge is 0.446 e. The third-order valence-corrected chi connectivity index (χ3v) is 3.32. The fourth-order valence-corrected chi connectivity index (χ4v) is 2.16. The second-order valence-corrected chi connectivity index (χ2v) is 6.79. The maximum Gasteiger partial charge on any atom is 0.446 e. The molecule has 1 unspecified atom stereocenters. The van der Waals surface area contributed by atoms with Gasteiger partial charge in [0, 0.05) is 10.4 Å². The van der Waals surface area contributed by atoms with Crippen molar-refractivity contribution in [3.63, 3.8) is 0 Å². The molecule has 2 nitrogen and oxygen atoms in total. The Balaban J connectivity index is 2.75. The Bertz CT molecular complexity index is 468. The maximum atomic E-state index is 12.2. The van der Waals surface area contributed by atoms with E-state index in [0.717, 1.165) is 0 Å². The smallest absolute Gasteiger partial charge is 0.350 e. The van der Waals surface area contributed by atoms with Crippen LogP contribution in [0.25, 0.3) is 0 Å². The number of carbonyl (C=O) groups is 1. The van der Waals surface area contributed by atoms with Crippen molar-refractivity contribution in [1.82, 2.24) is 5.32 Å². The molecule has 0 heterocycles. The number of rotatable bonds is 3. The molecule has 0 bridgehead atoms. The SMILES string of the molecule is CC(C)(C)NC(=O)C(Cl)c1ccc(SC(F)(F)F)cc1. The van der Waals surface area contributed by atoms with Gasteiger partial charge in [0.15, 0.2) is 0 Å². The molecule has 0 saturated heterocycles. The molecule has 0 aliphatic carbocycles. The lowest BCUT2D eigenvalue weighted by molar-refractivity contribution is -0.122. The zero-order chi connectivity index (χ0) is 15.6. The minimum absolute atomic E-state index is 0.0568. The third kappa shape index (κ3) is 6.05. The Labute approximate surface area is 125 Å². The summed E-state index contributed by atoms with van der Waals surface area (Å²) in [5.74, 6) is -0.379. The lowest BCUT2D eigenvalue weighted by Gasteiger charge is -2.22. The molecule has 0 spiro atoms. The zero-order valence-corrected chi connectivity index (χ0v) is 12.8. The molecule has 7 heteroatoms. The average Bonchev–Trinajstić information content (AvgIpc) is 2.24. The summed E-state index contributed by atoms with van der Waals surface area (Å²) in [4.78, 5) is 11.9. The van der Waals surface area contributed by atoms with Gasteiger partial charge in [-0.2, -0.15) is 13.2 Å². The highest BCUT2D eigenvalue weighted by Gasteiger charge is 2.29. The third-order valence-electron chi connectivity index (χ3n) is 2.13. The van der Waals surface area contributed by atoms with E-state index in [2.05, 4.69) is 5.32 Å². The highest BCUT2D eigenvalue weighted by atomic mass is 35.5. The first kappa shape index (κ1) is 17.2. The molecule has 0 aromatic heterocycles. The van der Waals surface area contributed by atoms with Crippen molar-refractivity contribution >= 4 is 29.3 Å². The molecular weight excluding hydrogens is 311 g/mol. The molecule has 1 atom stereocenters. The Morgan fingerprint density at radius 2 is 1.70 bits per heavy atom. The van der Waals surface area contributed by atoms with Crippen LogP contribution in [0.2, 0.25) is 0 Å². The van der Waals surface area contributed by atoms with Gasteiger partial charge in [0.05, 0.1) is 0 Å². The highest BCUT2D eigenvalue weighted by molar-refractivity contribution is 8.00. The first-order chi connectivity index (χ1) is 8.98. The Kier molecular flexibility index (Phi) is 5.38. The van der Waals surface area contributed by atoms with Crippen LogP contribution < -0.4 is 5.32 Å². The summed E-state index contributed by atoms with van der Waals surface area (Å²) >= 11 is 5.80. The molecular formula is C13H15ClF3NOS. The van der Waals surface area contributed by atoms with Gasteiger partial charge in [0.2, 0.25) is 5.91 Å². The molecule has 1 rings (SSSR count).